The van der Waals surface area contributed by atoms with Gasteiger partial charge in [0.1, 0.15) is 0 Å². The number of pyridine rings is 1. The van der Waals surface area contributed by atoms with Crippen molar-refractivity contribution in [2.24, 2.45) is 5.92 Å². The Morgan fingerprint density at radius 2 is 2.05 bits per heavy atom. The first-order valence-corrected chi connectivity index (χ1v) is 7.42. The molecule has 0 aliphatic heterocycles. The molecular weight excluding hydrogens is 266 g/mol. The second-order valence-electron chi connectivity index (χ2n) is 6.04. The number of aryl methyl sites for hydroxylation is 1. The molecule has 0 unspecified atom stereocenters. The third-order valence-corrected chi connectivity index (χ3v) is 3.40. The zero-order valence-corrected chi connectivity index (χ0v) is 13.4. The largest absolute Gasteiger partial charge is 0.462 e. The Kier molecular flexibility index (Phi) is 4.60. The minimum Gasteiger partial charge on any atom is -0.462 e. The zero-order chi connectivity index (χ0) is 15.6. The second kappa shape index (κ2) is 6.24. The van der Waals surface area contributed by atoms with Crippen molar-refractivity contribution in [3.63, 3.8) is 0 Å². The lowest BCUT2D eigenvalue weighted by molar-refractivity contribution is 0.0487. The summed E-state index contributed by atoms with van der Waals surface area (Å²) in [5.41, 5.74) is 2.01. The highest BCUT2D eigenvalue weighted by Gasteiger charge is 2.16. The summed E-state index contributed by atoms with van der Waals surface area (Å²) in [6.07, 6.45) is 2.61. The summed E-state index contributed by atoms with van der Waals surface area (Å²) in [5.74, 6) is 0.212. The Balaban J connectivity index is 2.25. The summed E-state index contributed by atoms with van der Waals surface area (Å²) in [5, 5.41) is 5.19. The van der Waals surface area contributed by atoms with Gasteiger partial charge in [0.2, 0.25) is 0 Å². The van der Waals surface area contributed by atoms with E-state index in [-0.39, 0.29) is 12.0 Å². The van der Waals surface area contributed by atoms with Crippen molar-refractivity contribution in [3.05, 3.63) is 23.5 Å². The fourth-order valence-corrected chi connectivity index (χ4v) is 2.12. The molecule has 5 nitrogen and oxygen atoms in total. The van der Waals surface area contributed by atoms with Crippen molar-refractivity contribution < 1.29 is 9.53 Å². The van der Waals surface area contributed by atoms with Crippen LogP contribution in [0.4, 0.5) is 0 Å². The normalized spacial score (nSPS) is 11.6. The first-order valence-electron chi connectivity index (χ1n) is 7.42. The number of nitrogens with zero attached hydrogens (tertiary/aromatic N) is 3. The van der Waals surface area contributed by atoms with Gasteiger partial charge >= 0.3 is 5.97 Å². The molecule has 114 valence electrons. The number of rotatable bonds is 5. The van der Waals surface area contributed by atoms with Crippen molar-refractivity contribution in [2.45, 2.75) is 47.1 Å². The van der Waals surface area contributed by atoms with E-state index in [1.165, 1.54) is 0 Å². The quantitative estimate of drug-likeness (QED) is 0.790. The van der Waals surface area contributed by atoms with Crippen LogP contribution in [0, 0.1) is 12.8 Å². The van der Waals surface area contributed by atoms with Crippen molar-refractivity contribution in [2.75, 3.05) is 6.61 Å². The standard InChI is InChI=1S/C16H23N3O2/c1-10(2)6-7-21-16(20)14-8-13-9-17-19(11(3)4)15(13)18-12(14)5/h8-11H,6-7H2,1-5H3. The summed E-state index contributed by atoms with van der Waals surface area (Å²) in [6.45, 7) is 10.6. The van der Waals surface area contributed by atoms with Crippen molar-refractivity contribution in [1.82, 2.24) is 14.8 Å². The van der Waals surface area contributed by atoms with Crippen LogP contribution in [0.2, 0.25) is 0 Å². The molecule has 0 atom stereocenters. The zero-order valence-electron chi connectivity index (χ0n) is 13.4. The molecule has 2 rings (SSSR count). The molecule has 2 aromatic heterocycles. The van der Waals surface area contributed by atoms with E-state index in [1.807, 2.05) is 17.7 Å². The number of ether oxygens (including phenoxy) is 1. The summed E-state index contributed by atoms with van der Waals surface area (Å²) < 4.78 is 7.17. The lowest BCUT2D eigenvalue weighted by atomic mass is 10.1. The highest BCUT2D eigenvalue weighted by atomic mass is 16.5. The van der Waals surface area contributed by atoms with Gasteiger partial charge in [0.15, 0.2) is 5.65 Å². The van der Waals surface area contributed by atoms with Gasteiger partial charge in [-0.25, -0.2) is 14.5 Å². The maximum absolute atomic E-state index is 12.1. The number of esters is 1. The SMILES string of the molecule is Cc1nc2c(cnn2C(C)C)cc1C(=O)OCCC(C)C. The molecule has 0 aliphatic rings. The fraction of sp³-hybridized carbons (Fsp3) is 0.562. The fourth-order valence-electron chi connectivity index (χ4n) is 2.12. The smallest absolute Gasteiger partial charge is 0.340 e. The van der Waals surface area contributed by atoms with E-state index in [2.05, 4.69) is 37.8 Å². The summed E-state index contributed by atoms with van der Waals surface area (Å²) >= 11 is 0. The van der Waals surface area contributed by atoms with Crippen LogP contribution in [0.3, 0.4) is 0 Å². The molecule has 2 heterocycles. The van der Waals surface area contributed by atoms with Gasteiger partial charge in [0.05, 0.1) is 24.1 Å². The lowest BCUT2D eigenvalue weighted by Crippen LogP contribution is -2.11. The molecule has 21 heavy (non-hydrogen) atoms. The topological polar surface area (TPSA) is 57.0 Å². The predicted octanol–water partition coefficient (Wildman–Crippen LogP) is 3.52. The van der Waals surface area contributed by atoms with Crippen LogP contribution in [-0.4, -0.2) is 27.3 Å². The van der Waals surface area contributed by atoms with Gasteiger partial charge in [0, 0.05) is 11.4 Å². The highest BCUT2D eigenvalue weighted by molar-refractivity contribution is 5.94. The molecule has 0 fully saturated rings. The van der Waals surface area contributed by atoms with Crippen LogP contribution in [0.1, 0.15) is 56.2 Å². The third kappa shape index (κ3) is 3.40. The Morgan fingerprint density at radius 1 is 1.33 bits per heavy atom. The summed E-state index contributed by atoms with van der Waals surface area (Å²) in [4.78, 5) is 16.7. The van der Waals surface area contributed by atoms with Gasteiger partial charge in [-0.3, -0.25) is 0 Å². The Morgan fingerprint density at radius 3 is 2.67 bits per heavy atom. The van der Waals surface area contributed by atoms with Gasteiger partial charge in [-0.05, 0) is 39.2 Å². The first-order chi connectivity index (χ1) is 9.90. The van der Waals surface area contributed by atoms with Crippen LogP contribution in [0.5, 0.6) is 0 Å². The van der Waals surface area contributed by atoms with Crippen molar-refractivity contribution in [1.29, 1.82) is 0 Å². The van der Waals surface area contributed by atoms with E-state index in [9.17, 15) is 4.79 Å². The minimum atomic E-state index is -0.306. The second-order valence-corrected chi connectivity index (χ2v) is 6.04. The Hall–Kier alpha value is -1.91. The summed E-state index contributed by atoms with van der Waals surface area (Å²) in [7, 11) is 0. The molecule has 0 saturated heterocycles. The van der Waals surface area contributed by atoms with Crippen LogP contribution in [-0.2, 0) is 4.74 Å². The maximum Gasteiger partial charge on any atom is 0.340 e. The predicted molar refractivity (Wildman–Crippen MR) is 82.4 cm³/mol. The van der Waals surface area contributed by atoms with E-state index < -0.39 is 0 Å². The van der Waals surface area contributed by atoms with Gasteiger partial charge in [-0.1, -0.05) is 13.8 Å². The average molecular weight is 289 g/mol. The number of carbonyl (C=O) groups excluding carboxylic acids is 1. The first kappa shape index (κ1) is 15.5. The van der Waals surface area contributed by atoms with Gasteiger partial charge in [-0.2, -0.15) is 5.10 Å². The third-order valence-electron chi connectivity index (χ3n) is 3.40. The lowest BCUT2D eigenvalue weighted by Gasteiger charge is -2.10. The molecule has 0 radical (unpaired) electrons. The molecule has 0 aromatic carbocycles. The number of hydrogen-bond acceptors (Lipinski definition) is 4. The minimum absolute atomic E-state index is 0.234. The molecule has 2 aromatic rings. The molecule has 0 bridgehead atoms. The number of fused-ring (bicyclic) bond motifs is 1. The van der Waals surface area contributed by atoms with E-state index in [0.717, 1.165) is 17.5 Å². The maximum atomic E-state index is 12.1. The molecule has 0 aliphatic carbocycles. The molecule has 0 saturated carbocycles. The molecular formula is C16H23N3O2. The monoisotopic (exact) mass is 289 g/mol. The van der Waals surface area contributed by atoms with Gasteiger partial charge in [0.25, 0.3) is 0 Å². The number of hydrogen-bond donors (Lipinski definition) is 0. The Bertz CT molecular complexity index is 644. The number of carbonyl (C=O) groups is 1. The van der Waals surface area contributed by atoms with Gasteiger partial charge < -0.3 is 4.74 Å². The van der Waals surface area contributed by atoms with E-state index in [4.69, 9.17) is 4.74 Å². The average Bonchev–Trinajstić information content (AvgIpc) is 2.79. The summed E-state index contributed by atoms with van der Waals surface area (Å²) in [6, 6.07) is 2.06. The molecule has 0 amide bonds. The van der Waals surface area contributed by atoms with E-state index >= 15 is 0 Å². The van der Waals surface area contributed by atoms with Crippen LogP contribution in [0.15, 0.2) is 12.3 Å². The van der Waals surface area contributed by atoms with Crippen LogP contribution in [0.25, 0.3) is 11.0 Å². The van der Waals surface area contributed by atoms with Crippen LogP contribution < -0.4 is 0 Å². The van der Waals surface area contributed by atoms with E-state index in [0.29, 0.717) is 23.8 Å². The van der Waals surface area contributed by atoms with Crippen molar-refractivity contribution in [3.8, 4) is 0 Å². The van der Waals surface area contributed by atoms with E-state index in [1.54, 1.807) is 6.20 Å². The molecule has 0 N–H and O–H groups in total. The van der Waals surface area contributed by atoms with Gasteiger partial charge in [-0.15, -0.1) is 0 Å². The Labute approximate surface area is 125 Å². The molecule has 0 spiro atoms. The van der Waals surface area contributed by atoms with Crippen LogP contribution >= 0.6 is 0 Å². The molecule has 5 heteroatoms. The number of aromatic nitrogens is 3. The van der Waals surface area contributed by atoms with Crippen molar-refractivity contribution >= 4 is 17.0 Å². The highest BCUT2D eigenvalue weighted by Crippen LogP contribution is 2.20.